The second-order valence-corrected chi connectivity index (χ2v) is 5.13. The van der Waals surface area contributed by atoms with E-state index in [1.165, 1.54) is 24.3 Å². The molecule has 1 aliphatic heterocycles. The average Bonchev–Trinajstić information content (AvgIpc) is 2.32. The van der Waals surface area contributed by atoms with Crippen molar-refractivity contribution in [2.45, 2.75) is 31.7 Å². The van der Waals surface area contributed by atoms with Gasteiger partial charge in [0, 0.05) is 5.54 Å². The third-order valence-electron chi connectivity index (χ3n) is 2.73. The highest BCUT2D eigenvalue weighted by Crippen LogP contribution is 2.28. The van der Waals surface area contributed by atoms with Gasteiger partial charge in [0.1, 0.15) is 0 Å². The summed E-state index contributed by atoms with van der Waals surface area (Å²) in [7, 11) is 0. The van der Waals surface area contributed by atoms with Crippen LogP contribution in [-0.4, -0.2) is 28.8 Å². The summed E-state index contributed by atoms with van der Waals surface area (Å²) in [5.41, 5.74) is 5.64. The van der Waals surface area contributed by atoms with Gasteiger partial charge in [-0.25, -0.2) is 0 Å². The lowest BCUT2D eigenvalue weighted by Gasteiger charge is -2.31. The number of nitrogens with two attached hydrogens (primary N) is 1. The van der Waals surface area contributed by atoms with Crippen LogP contribution in [0.2, 0.25) is 0 Å². The van der Waals surface area contributed by atoms with Crippen LogP contribution in [0.4, 0.5) is 0 Å². The van der Waals surface area contributed by atoms with Gasteiger partial charge >= 0.3 is 0 Å². The van der Waals surface area contributed by atoms with E-state index in [0.717, 1.165) is 6.42 Å². The van der Waals surface area contributed by atoms with Gasteiger partial charge in [-0.2, -0.15) is 11.8 Å². The monoisotopic (exact) mass is 189 g/mol. The van der Waals surface area contributed by atoms with Gasteiger partial charge in [-0.3, -0.25) is 0 Å². The molecule has 0 amide bonds. The van der Waals surface area contributed by atoms with E-state index in [4.69, 9.17) is 10.8 Å². The summed E-state index contributed by atoms with van der Waals surface area (Å²) in [5, 5.41) is 9.11. The van der Waals surface area contributed by atoms with E-state index in [1.54, 1.807) is 0 Å². The summed E-state index contributed by atoms with van der Waals surface area (Å²) in [6, 6.07) is 0. The summed E-state index contributed by atoms with van der Waals surface area (Å²) >= 11 is 2.01. The number of thioether (sulfide) groups is 1. The lowest BCUT2D eigenvalue weighted by atomic mass is 9.82. The number of hydrogen-bond donors (Lipinski definition) is 2. The van der Waals surface area contributed by atoms with Crippen LogP contribution in [0.15, 0.2) is 0 Å². The number of hydrogen-bond acceptors (Lipinski definition) is 3. The van der Waals surface area contributed by atoms with Crippen molar-refractivity contribution in [2.75, 3.05) is 18.1 Å². The fourth-order valence-corrected chi connectivity index (χ4v) is 2.72. The first-order valence-electron chi connectivity index (χ1n) is 4.64. The number of rotatable bonds is 2. The van der Waals surface area contributed by atoms with Gasteiger partial charge in [-0.1, -0.05) is 0 Å². The zero-order valence-corrected chi connectivity index (χ0v) is 8.57. The third kappa shape index (κ3) is 2.64. The Morgan fingerprint density at radius 1 is 1.50 bits per heavy atom. The molecule has 0 aliphatic carbocycles. The predicted octanol–water partition coefficient (Wildman–Crippen LogP) is 1.23. The van der Waals surface area contributed by atoms with Crippen molar-refractivity contribution >= 4 is 11.8 Å². The Morgan fingerprint density at radius 2 is 2.25 bits per heavy atom. The topological polar surface area (TPSA) is 46.2 Å². The predicted molar refractivity (Wildman–Crippen MR) is 54.3 cm³/mol. The minimum absolute atomic E-state index is 0.113. The Labute approximate surface area is 78.9 Å². The van der Waals surface area contributed by atoms with Crippen molar-refractivity contribution < 1.29 is 5.11 Å². The Bertz CT molecular complexity index is 130. The fourth-order valence-electron chi connectivity index (χ4n) is 1.69. The summed E-state index contributed by atoms with van der Waals surface area (Å²) < 4.78 is 0. The highest BCUT2D eigenvalue weighted by atomic mass is 32.2. The molecule has 72 valence electrons. The Kier molecular flexibility index (Phi) is 3.87. The molecule has 1 fully saturated rings. The van der Waals surface area contributed by atoms with Crippen LogP contribution < -0.4 is 5.73 Å². The lowest BCUT2D eigenvalue weighted by molar-refractivity contribution is 0.146. The van der Waals surface area contributed by atoms with Crippen LogP contribution in [0, 0.1) is 5.92 Å². The molecule has 0 bridgehead atoms. The molecule has 0 aromatic heterocycles. The zero-order chi connectivity index (χ0) is 9.03. The molecule has 0 aromatic rings. The Balaban J connectivity index is 2.47. The van der Waals surface area contributed by atoms with Crippen molar-refractivity contribution in [3.05, 3.63) is 0 Å². The van der Waals surface area contributed by atoms with E-state index in [0.29, 0.717) is 5.92 Å². The summed E-state index contributed by atoms with van der Waals surface area (Å²) in [6.45, 7) is 2.08. The van der Waals surface area contributed by atoms with Crippen molar-refractivity contribution in [1.82, 2.24) is 0 Å². The van der Waals surface area contributed by atoms with Crippen LogP contribution >= 0.6 is 11.8 Å². The molecule has 2 nitrogen and oxygen atoms in total. The maximum Gasteiger partial charge on any atom is 0.0611 e. The smallest absolute Gasteiger partial charge is 0.0611 e. The average molecular weight is 189 g/mol. The third-order valence-corrected chi connectivity index (χ3v) is 3.83. The van der Waals surface area contributed by atoms with Gasteiger partial charge in [0.25, 0.3) is 0 Å². The van der Waals surface area contributed by atoms with E-state index in [2.05, 4.69) is 0 Å². The maximum absolute atomic E-state index is 9.11. The van der Waals surface area contributed by atoms with E-state index in [-0.39, 0.29) is 12.1 Å². The summed E-state index contributed by atoms with van der Waals surface area (Å²) in [4.78, 5) is 0. The largest absolute Gasteiger partial charge is 0.394 e. The van der Waals surface area contributed by atoms with Crippen LogP contribution in [-0.2, 0) is 0 Å². The van der Waals surface area contributed by atoms with Gasteiger partial charge in [0.2, 0.25) is 0 Å². The molecule has 2 unspecified atom stereocenters. The standard InChI is InChI=1S/C9H19NOS/c1-9(10,7-11)8-3-2-5-12-6-4-8/h8,11H,2-7,10H2,1H3. The minimum Gasteiger partial charge on any atom is -0.394 e. The SMILES string of the molecule is CC(N)(CO)C1CCCSCC1. The van der Waals surface area contributed by atoms with E-state index in [9.17, 15) is 0 Å². The summed E-state index contributed by atoms with van der Waals surface area (Å²) in [6.07, 6.45) is 3.60. The molecule has 3 N–H and O–H groups in total. The van der Waals surface area contributed by atoms with Gasteiger partial charge in [-0.15, -0.1) is 0 Å². The van der Waals surface area contributed by atoms with Crippen molar-refractivity contribution in [3.63, 3.8) is 0 Å². The Morgan fingerprint density at radius 3 is 2.92 bits per heavy atom. The molecule has 0 radical (unpaired) electrons. The molecule has 1 rings (SSSR count). The molecule has 1 saturated heterocycles. The molecular weight excluding hydrogens is 170 g/mol. The van der Waals surface area contributed by atoms with Crippen LogP contribution in [0.5, 0.6) is 0 Å². The van der Waals surface area contributed by atoms with Crippen LogP contribution in [0.1, 0.15) is 26.2 Å². The van der Waals surface area contributed by atoms with Gasteiger partial charge < -0.3 is 10.8 Å². The quantitative estimate of drug-likeness (QED) is 0.687. The Hall–Kier alpha value is 0.270. The number of aliphatic hydroxyl groups is 1. The van der Waals surface area contributed by atoms with Crippen LogP contribution in [0.3, 0.4) is 0 Å². The molecule has 0 spiro atoms. The molecule has 0 saturated carbocycles. The highest BCUT2D eigenvalue weighted by molar-refractivity contribution is 7.99. The van der Waals surface area contributed by atoms with Crippen molar-refractivity contribution in [2.24, 2.45) is 11.7 Å². The van der Waals surface area contributed by atoms with E-state index in [1.807, 2.05) is 18.7 Å². The maximum atomic E-state index is 9.11. The van der Waals surface area contributed by atoms with Crippen molar-refractivity contribution in [1.29, 1.82) is 0 Å². The van der Waals surface area contributed by atoms with Gasteiger partial charge in [-0.05, 0) is 43.6 Å². The fraction of sp³-hybridized carbons (Fsp3) is 1.00. The molecule has 1 heterocycles. The van der Waals surface area contributed by atoms with E-state index < -0.39 is 0 Å². The molecular formula is C9H19NOS. The van der Waals surface area contributed by atoms with Gasteiger partial charge in [0.15, 0.2) is 0 Å². The first-order chi connectivity index (χ1) is 5.67. The van der Waals surface area contributed by atoms with Crippen molar-refractivity contribution in [3.8, 4) is 0 Å². The second-order valence-electron chi connectivity index (χ2n) is 3.90. The molecule has 3 heteroatoms. The second kappa shape index (κ2) is 4.49. The first kappa shape index (κ1) is 10.4. The minimum atomic E-state index is -0.356. The molecule has 12 heavy (non-hydrogen) atoms. The van der Waals surface area contributed by atoms with Gasteiger partial charge in [0.05, 0.1) is 6.61 Å². The first-order valence-corrected chi connectivity index (χ1v) is 5.80. The summed E-state index contributed by atoms with van der Waals surface area (Å²) in [5.74, 6) is 2.98. The lowest BCUT2D eigenvalue weighted by Crippen LogP contribution is -2.47. The van der Waals surface area contributed by atoms with Crippen LogP contribution in [0.25, 0.3) is 0 Å². The normalized spacial score (nSPS) is 30.8. The van der Waals surface area contributed by atoms with E-state index >= 15 is 0 Å². The highest BCUT2D eigenvalue weighted by Gasteiger charge is 2.29. The molecule has 1 aliphatic rings. The number of aliphatic hydroxyl groups excluding tert-OH is 1. The molecule has 2 atom stereocenters. The zero-order valence-electron chi connectivity index (χ0n) is 7.75. The molecule has 0 aromatic carbocycles.